The van der Waals surface area contributed by atoms with Crippen LogP contribution in [0.2, 0.25) is 0 Å². The van der Waals surface area contributed by atoms with Crippen molar-refractivity contribution in [3.63, 3.8) is 0 Å². The largest absolute Gasteiger partial charge is 0.306 e. The monoisotopic (exact) mass is 219 g/mol. The predicted molar refractivity (Wildman–Crippen MR) is 66.9 cm³/mol. The van der Waals surface area contributed by atoms with E-state index in [1.54, 1.807) is 0 Å². The van der Waals surface area contributed by atoms with E-state index in [9.17, 15) is 0 Å². The molecule has 0 unspecified atom stereocenters. The molecule has 0 radical (unpaired) electrons. The number of nitrogens with zero attached hydrogens (tertiary/aromatic N) is 2. The van der Waals surface area contributed by atoms with Gasteiger partial charge in [0.05, 0.1) is 12.2 Å². The van der Waals surface area contributed by atoms with E-state index in [-0.39, 0.29) is 5.54 Å². The van der Waals surface area contributed by atoms with Gasteiger partial charge in [0.1, 0.15) is 0 Å². The van der Waals surface area contributed by atoms with Crippen LogP contribution in [0, 0.1) is 11.8 Å². The molecule has 16 heavy (non-hydrogen) atoms. The minimum absolute atomic E-state index is 0.137. The highest BCUT2D eigenvalue weighted by Gasteiger charge is 2.10. The van der Waals surface area contributed by atoms with Gasteiger partial charge in [-0.25, -0.2) is 0 Å². The first-order valence-electron chi connectivity index (χ1n) is 5.68. The van der Waals surface area contributed by atoms with Crippen LogP contribution < -0.4 is 5.32 Å². The number of aryl methyl sites for hydroxylation is 1. The van der Waals surface area contributed by atoms with Crippen LogP contribution in [0.5, 0.6) is 0 Å². The van der Waals surface area contributed by atoms with Gasteiger partial charge in [0.15, 0.2) is 0 Å². The Morgan fingerprint density at radius 1 is 1.44 bits per heavy atom. The number of hydrogen-bond donors (Lipinski definition) is 1. The Hall–Kier alpha value is -1.27. The van der Waals surface area contributed by atoms with E-state index in [2.05, 4.69) is 49.1 Å². The van der Waals surface area contributed by atoms with Crippen LogP contribution in [0.3, 0.4) is 0 Å². The molecule has 0 amide bonds. The molecule has 1 aromatic rings. The summed E-state index contributed by atoms with van der Waals surface area (Å²) in [5.41, 5.74) is 1.35. The van der Waals surface area contributed by atoms with E-state index in [1.165, 1.54) is 5.69 Å². The van der Waals surface area contributed by atoms with E-state index in [0.717, 1.165) is 19.5 Å². The Morgan fingerprint density at radius 3 is 2.81 bits per heavy atom. The summed E-state index contributed by atoms with van der Waals surface area (Å²) in [6, 6.07) is 2.05. The van der Waals surface area contributed by atoms with Crippen molar-refractivity contribution < 1.29 is 0 Å². The van der Waals surface area contributed by atoms with Crippen molar-refractivity contribution in [1.82, 2.24) is 15.1 Å². The van der Waals surface area contributed by atoms with Crippen LogP contribution in [0.1, 0.15) is 39.8 Å². The average Bonchev–Trinajstić information content (AvgIpc) is 2.62. The molecule has 0 aliphatic rings. The van der Waals surface area contributed by atoms with Gasteiger partial charge in [0, 0.05) is 24.7 Å². The minimum Gasteiger partial charge on any atom is -0.306 e. The third kappa shape index (κ3) is 4.50. The molecule has 0 fully saturated rings. The van der Waals surface area contributed by atoms with Gasteiger partial charge in [-0.1, -0.05) is 0 Å². The van der Waals surface area contributed by atoms with Crippen molar-refractivity contribution in [3.05, 3.63) is 18.0 Å². The van der Waals surface area contributed by atoms with Crippen LogP contribution >= 0.6 is 0 Å². The third-order valence-corrected chi connectivity index (χ3v) is 2.23. The standard InChI is InChI=1S/C13H21N3/c1-5-6-7-10-16-12(8-9-15-16)11-14-13(2,3)4/h8-9,14H,7,10-11H2,1-4H3. The quantitative estimate of drug-likeness (QED) is 0.787. The lowest BCUT2D eigenvalue weighted by atomic mass is 10.1. The molecule has 0 bridgehead atoms. The molecule has 0 aliphatic heterocycles. The molecular weight excluding hydrogens is 198 g/mol. The summed E-state index contributed by atoms with van der Waals surface area (Å²) in [5.74, 6) is 5.95. The Labute approximate surface area is 98.2 Å². The first-order chi connectivity index (χ1) is 7.53. The summed E-state index contributed by atoms with van der Waals surface area (Å²) in [5, 5.41) is 7.76. The molecule has 3 nitrogen and oxygen atoms in total. The van der Waals surface area contributed by atoms with Crippen molar-refractivity contribution >= 4 is 0 Å². The van der Waals surface area contributed by atoms with Gasteiger partial charge in [0.25, 0.3) is 0 Å². The maximum absolute atomic E-state index is 4.30. The molecule has 3 heteroatoms. The van der Waals surface area contributed by atoms with Crippen LogP contribution in [0.25, 0.3) is 0 Å². The SMILES string of the molecule is CC#CCCn1nccc1CNC(C)(C)C. The molecule has 88 valence electrons. The summed E-state index contributed by atoms with van der Waals surface area (Å²) in [4.78, 5) is 0. The Kier molecular flexibility index (Phi) is 4.57. The second-order valence-electron chi connectivity index (χ2n) is 4.83. The molecule has 0 aliphatic carbocycles. The van der Waals surface area contributed by atoms with Crippen LogP contribution in [0.4, 0.5) is 0 Å². The molecule has 0 saturated carbocycles. The zero-order valence-electron chi connectivity index (χ0n) is 10.7. The topological polar surface area (TPSA) is 29.9 Å². The Morgan fingerprint density at radius 2 is 2.19 bits per heavy atom. The summed E-state index contributed by atoms with van der Waals surface area (Å²) in [6.07, 6.45) is 2.71. The molecule has 1 rings (SSSR count). The van der Waals surface area contributed by atoms with Gasteiger partial charge < -0.3 is 5.32 Å². The van der Waals surface area contributed by atoms with E-state index in [1.807, 2.05) is 17.8 Å². The fourth-order valence-corrected chi connectivity index (χ4v) is 1.35. The van der Waals surface area contributed by atoms with E-state index in [0.29, 0.717) is 0 Å². The Balaban J connectivity index is 2.52. The van der Waals surface area contributed by atoms with Crippen molar-refractivity contribution in [2.24, 2.45) is 0 Å². The highest BCUT2D eigenvalue weighted by atomic mass is 15.3. The van der Waals surface area contributed by atoms with Gasteiger partial charge in [-0.2, -0.15) is 5.10 Å². The second kappa shape index (κ2) is 5.72. The molecule has 0 atom stereocenters. The van der Waals surface area contributed by atoms with E-state index >= 15 is 0 Å². The smallest absolute Gasteiger partial charge is 0.0522 e. The highest BCUT2D eigenvalue weighted by Crippen LogP contribution is 2.04. The normalized spacial score (nSPS) is 11.0. The number of nitrogens with one attached hydrogen (secondary N) is 1. The van der Waals surface area contributed by atoms with Crippen molar-refractivity contribution in [2.75, 3.05) is 0 Å². The zero-order chi connectivity index (χ0) is 12.0. The fraction of sp³-hybridized carbons (Fsp3) is 0.615. The van der Waals surface area contributed by atoms with Crippen molar-refractivity contribution in [1.29, 1.82) is 0 Å². The second-order valence-corrected chi connectivity index (χ2v) is 4.83. The fourth-order valence-electron chi connectivity index (χ4n) is 1.35. The highest BCUT2D eigenvalue weighted by molar-refractivity contribution is 5.02. The molecule has 1 heterocycles. The number of hydrogen-bond acceptors (Lipinski definition) is 2. The number of rotatable bonds is 4. The first kappa shape index (κ1) is 12.8. The van der Waals surface area contributed by atoms with Gasteiger partial charge >= 0.3 is 0 Å². The molecule has 0 spiro atoms. The maximum Gasteiger partial charge on any atom is 0.0522 e. The first-order valence-corrected chi connectivity index (χ1v) is 5.68. The van der Waals surface area contributed by atoms with E-state index < -0.39 is 0 Å². The summed E-state index contributed by atoms with van der Waals surface area (Å²) >= 11 is 0. The predicted octanol–water partition coefficient (Wildman–Crippen LogP) is 2.18. The van der Waals surface area contributed by atoms with Crippen molar-refractivity contribution in [2.45, 2.75) is 52.7 Å². The van der Waals surface area contributed by atoms with Gasteiger partial charge in [0.2, 0.25) is 0 Å². The molecule has 0 saturated heterocycles. The van der Waals surface area contributed by atoms with E-state index in [4.69, 9.17) is 0 Å². The van der Waals surface area contributed by atoms with Crippen molar-refractivity contribution in [3.8, 4) is 11.8 Å². The minimum atomic E-state index is 0.137. The molecular formula is C13H21N3. The van der Waals surface area contributed by atoms with Crippen LogP contribution in [-0.2, 0) is 13.1 Å². The van der Waals surface area contributed by atoms with Gasteiger partial charge in [-0.05, 0) is 33.8 Å². The third-order valence-electron chi connectivity index (χ3n) is 2.23. The van der Waals surface area contributed by atoms with Crippen LogP contribution in [0.15, 0.2) is 12.3 Å². The lowest BCUT2D eigenvalue weighted by Crippen LogP contribution is -2.35. The maximum atomic E-state index is 4.30. The van der Waals surface area contributed by atoms with Crippen LogP contribution in [-0.4, -0.2) is 15.3 Å². The number of aromatic nitrogens is 2. The van der Waals surface area contributed by atoms with Gasteiger partial charge in [-0.3, -0.25) is 4.68 Å². The lowest BCUT2D eigenvalue weighted by molar-refractivity contribution is 0.412. The molecule has 1 aromatic heterocycles. The van der Waals surface area contributed by atoms with Gasteiger partial charge in [-0.15, -0.1) is 11.8 Å². The zero-order valence-corrected chi connectivity index (χ0v) is 10.7. The Bertz CT molecular complexity index is 374. The summed E-state index contributed by atoms with van der Waals surface area (Å²) in [7, 11) is 0. The average molecular weight is 219 g/mol. The summed E-state index contributed by atoms with van der Waals surface area (Å²) in [6.45, 7) is 10.1. The molecule has 0 aromatic carbocycles. The lowest BCUT2D eigenvalue weighted by Gasteiger charge is -2.20. The summed E-state index contributed by atoms with van der Waals surface area (Å²) < 4.78 is 2.02. The molecule has 1 N–H and O–H groups in total.